The minimum absolute atomic E-state index is 0.154. The number of carbonyl (C=O) groups excluding carboxylic acids is 1. The van der Waals surface area contributed by atoms with Gasteiger partial charge in [-0.1, -0.05) is 50.3 Å². The molecule has 5 heterocycles. The Morgan fingerprint density at radius 3 is 2.68 bits per heavy atom. The smallest absolute Gasteiger partial charge is 0.248 e. The van der Waals surface area contributed by atoms with E-state index in [2.05, 4.69) is 41.5 Å². The van der Waals surface area contributed by atoms with Crippen LogP contribution < -0.4 is 15.5 Å². The molecule has 2 atom stereocenters. The van der Waals surface area contributed by atoms with E-state index in [-0.39, 0.29) is 11.8 Å². The number of rotatable bonds is 10. The monoisotopic (exact) mass is 631 g/mol. The summed E-state index contributed by atoms with van der Waals surface area (Å²) in [4.78, 5) is 31.6. The van der Waals surface area contributed by atoms with Gasteiger partial charge >= 0.3 is 0 Å². The Bertz CT molecular complexity index is 1940. The zero-order valence-corrected chi connectivity index (χ0v) is 27.3. The highest BCUT2D eigenvalue weighted by molar-refractivity contribution is 6.02. The molecule has 0 spiro atoms. The number of likely N-dealkylation sites (N-methyl/N-ethyl adjacent to an activating group) is 1. The van der Waals surface area contributed by atoms with Crippen molar-refractivity contribution >= 4 is 39.9 Å². The number of ether oxygens (including phenoxy) is 1. The fourth-order valence-electron chi connectivity index (χ4n) is 6.50. The average molecular weight is 632 g/mol. The number of hydrogen-bond donors (Lipinski definition) is 2. The molecule has 7 rings (SSSR count). The molecule has 2 unspecified atom stereocenters. The number of fused-ring (bicyclic) bond motifs is 3. The first-order valence-corrected chi connectivity index (χ1v) is 16.3. The van der Waals surface area contributed by atoms with E-state index >= 15 is 0 Å². The van der Waals surface area contributed by atoms with Crippen molar-refractivity contribution in [3.05, 3.63) is 84.2 Å². The third-order valence-corrected chi connectivity index (χ3v) is 9.01. The third kappa shape index (κ3) is 6.41. The van der Waals surface area contributed by atoms with Crippen molar-refractivity contribution in [1.82, 2.24) is 29.5 Å². The van der Waals surface area contributed by atoms with Crippen LogP contribution in [0.25, 0.3) is 27.7 Å². The number of carbonyl (C=O) groups is 1. The molecule has 2 aromatic carbocycles. The Hall–Kier alpha value is -4.87. The van der Waals surface area contributed by atoms with Gasteiger partial charge < -0.3 is 25.2 Å². The minimum Gasteiger partial charge on any atom is -0.381 e. The number of aromatic nitrogens is 5. The maximum atomic E-state index is 12.5. The van der Waals surface area contributed by atoms with E-state index < -0.39 is 0 Å². The number of hydrogen-bond acceptors (Lipinski definition) is 9. The second-order valence-electron chi connectivity index (χ2n) is 13.1. The molecule has 0 saturated carbocycles. The van der Waals surface area contributed by atoms with Crippen molar-refractivity contribution in [1.29, 1.82) is 0 Å². The molecule has 47 heavy (non-hydrogen) atoms. The number of pyridine rings is 1. The molecule has 3 aromatic heterocycles. The quantitative estimate of drug-likeness (QED) is 0.201. The zero-order valence-electron chi connectivity index (χ0n) is 27.3. The summed E-state index contributed by atoms with van der Waals surface area (Å²) in [6, 6.07) is 16.2. The molecule has 2 aliphatic heterocycles. The second kappa shape index (κ2) is 13.1. The van der Waals surface area contributed by atoms with E-state index in [1.165, 1.54) is 0 Å². The van der Waals surface area contributed by atoms with Crippen LogP contribution in [0.1, 0.15) is 30.9 Å². The molecular weight excluding hydrogens is 590 g/mol. The summed E-state index contributed by atoms with van der Waals surface area (Å²) < 4.78 is 7.53. The van der Waals surface area contributed by atoms with Gasteiger partial charge in [0.2, 0.25) is 17.8 Å². The van der Waals surface area contributed by atoms with Crippen molar-refractivity contribution in [3.63, 3.8) is 0 Å². The summed E-state index contributed by atoms with van der Waals surface area (Å²) >= 11 is 0. The zero-order chi connectivity index (χ0) is 32.5. The van der Waals surface area contributed by atoms with E-state index in [1.54, 1.807) is 6.08 Å². The molecular formula is C36H41N9O2. The molecule has 11 heteroatoms. The Balaban J connectivity index is 1.16. The number of nitrogens with one attached hydrogen (secondary N) is 2. The molecule has 2 saturated heterocycles. The van der Waals surface area contributed by atoms with Gasteiger partial charge in [0.15, 0.2) is 5.65 Å². The van der Waals surface area contributed by atoms with Crippen molar-refractivity contribution in [2.45, 2.75) is 26.3 Å². The van der Waals surface area contributed by atoms with Crippen LogP contribution in [-0.2, 0) is 16.1 Å². The van der Waals surface area contributed by atoms with Crippen molar-refractivity contribution < 1.29 is 9.53 Å². The lowest BCUT2D eigenvalue weighted by Crippen LogP contribution is -2.25. The van der Waals surface area contributed by atoms with Crippen LogP contribution in [0.15, 0.2) is 73.1 Å². The van der Waals surface area contributed by atoms with Crippen molar-refractivity contribution in [2.75, 3.05) is 62.5 Å². The first-order valence-electron chi connectivity index (χ1n) is 16.3. The summed E-state index contributed by atoms with van der Waals surface area (Å²) in [5.74, 6) is 2.57. The predicted molar refractivity (Wildman–Crippen MR) is 186 cm³/mol. The normalized spacial score (nSPS) is 17.9. The molecule has 11 nitrogen and oxygen atoms in total. The number of amides is 1. The van der Waals surface area contributed by atoms with Gasteiger partial charge in [0.25, 0.3) is 0 Å². The van der Waals surface area contributed by atoms with Gasteiger partial charge in [-0.15, -0.1) is 0 Å². The Kier molecular flexibility index (Phi) is 8.57. The van der Waals surface area contributed by atoms with Gasteiger partial charge in [-0.05, 0) is 49.2 Å². The first kappa shape index (κ1) is 30.8. The van der Waals surface area contributed by atoms with Gasteiger partial charge in [0, 0.05) is 72.5 Å². The van der Waals surface area contributed by atoms with Crippen LogP contribution in [0.4, 0.5) is 17.6 Å². The molecule has 2 N–H and O–H groups in total. The van der Waals surface area contributed by atoms with Crippen molar-refractivity contribution in [2.24, 2.45) is 11.8 Å². The molecule has 242 valence electrons. The summed E-state index contributed by atoms with van der Waals surface area (Å²) in [6.07, 6.45) is 7.13. The summed E-state index contributed by atoms with van der Waals surface area (Å²) in [6.45, 7) is 8.97. The van der Waals surface area contributed by atoms with Gasteiger partial charge in [0.05, 0.1) is 25.1 Å². The van der Waals surface area contributed by atoms with Crippen LogP contribution in [0.2, 0.25) is 0 Å². The van der Waals surface area contributed by atoms with Gasteiger partial charge in [-0.3, -0.25) is 9.78 Å². The van der Waals surface area contributed by atoms with Crippen LogP contribution in [0, 0.1) is 11.8 Å². The van der Waals surface area contributed by atoms with E-state index in [9.17, 15) is 4.79 Å². The summed E-state index contributed by atoms with van der Waals surface area (Å²) in [7, 11) is 3.93. The SMILES string of the molecule is CC(C)c1cnn2c(NCc3ccccc3-c3nccc4cc(NC(=O)/C=C/CN(C)C)ccc34)nc(N3CC4COCC4C3)nc12. The summed E-state index contributed by atoms with van der Waals surface area (Å²) in [5, 5.41) is 13.3. The third-order valence-electron chi connectivity index (χ3n) is 9.01. The lowest BCUT2D eigenvalue weighted by molar-refractivity contribution is -0.111. The highest BCUT2D eigenvalue weighted by Crippen LogP contribution is 2.34. The standard InChI is InChI=1S/C36H41N9O2/c1-23(2)31-18-39-45-34(31)41-36(44-19-26-21-47-22-27(26)20-44)42-35(45)38-17-25-8-5-6-9-29(25)33-30-12-11-28(16-24(30)13-14-37-33)40-32(46)10-7-15-43(3)4/h5-14,16,18,23,26-27H,15,17,19-22H2,1-4H3,(H,40,46)(H,38,41,42)/b10-7+. The first-order chi connectivity index (χ1) is 22.8. The minimum atomic E-state index is -0.154. The molecule has 2 fully saturated rings. The van der Waals surface area contributed by atoms with E-state index in [0.717, 1.165) is 76.7 Å². The fourth-order valence-corrected chi connectivity index (χ4v) is 6.50. The molecule has 5 aromatic rings. The maximum Gasteiger partial charge on any atom is 0.248 e. The Labute approximate surface area is 274 Å². The summed E-state index contributed by atoms with van der Waals surface area (Å²) in [5.41, 5.74) is 5.65. The van der Waals surface area contributed by atoms with Crippen LogP contribution in [0.5, 0.6) is 0 Å². The number of nitrogens with zero attached hydrogens (tertiary/aromatic N) is 7. The fraction of sp³-hybridized carbons (Fsp3) is 0.361. The van der Waals surface area contributed by atoms with Crippen LogP contribution >= 0.6 is 0 Å². The van der Waals surface area contributed by atoms with E-state index in [0.29, 0.717) is 30.9 Å². The number of benzene rings is 2. The Morgan fingerprint density at radius 1 is 1.09 bits per heavy atom. The predicted octanol–water partition coefficient (Wildman–Crippen LogP) is 5.21. The van der Waals surface area contributed by atoms with Gasteiger partial charge in [-0.2, -0.15) is 19.6 Å². The highest BCUT2D eigenvalue weighted by Gasteiger charge is 2.38. The van der Waals surface area contributed by atoms with Gasteiger partial charge in [-0.25, -0.2) is 0 Å². The highest BCUT2D eigenvalue weighted by atomic mass is 16.5. The molecule has 1 amide bonds. The van der Waals surface area contributed by atoms with E-state index in [1.807, 2.05) is 78.4 Å². The van der Waals surface area contributed by atoms with Crippen molar-refractivity contribution in [3.8, 4) is 11.3 Å². The molecule has 0 aliphatic carbocycles. The largest absolute Gasteiger partial charge is 0.381 e. The Morgan fingerprint density at radius 2 is 1.89 bits per heavy atom. The maximum absolute atomic E-state index is 12.5. The average Bonchev–Trinajstić information content (AvgIpc) is 3.79. The van der Waals surface area contributed by atoms with Crippen LogP contribution in [-0.4, -0.2) is 82.3 Å². The van der Waals surface area contributed by atoms with Gasteiger partial charge in [0.1, 0.15) is 0 Å². The topological polar surface area (TPSA) is 113 Å². The second-order valence-corrected chi connectivity index (χ2v) is 13.1. The lowest BCUT2D eigenvalue weighted by atomic mass is 9.99. The molecule has 0 radical (unpaired) electrons. The number of anilines is 3. The molecule has 2 aliphatic rings. The van der Waals surface area contributed by atoms with E-state index in [4.69, 9.17) is 24.8 Å². The van der Waals surface area contributed by atoms with Crippen LogP contribution in [0.3, 0.4) is 0 Å². The molecule has 0 bridgehead atoms. The lowest BCUT2D eigenvalue weighted by Gasteiger charge is -2.19.